The zero-order valence-corrected chi connectivity index (χ0v) is 12.3. The molecular weight excluding hydrogens is 222 g/mol. The number of nitrogens with two attached hydrogens (primary N) is 1. The van der Waals surface area contributed by atoms with E-state index in [1.165, 1.54) is 25.7 Å². The lowest BCUT2D eigenvalue weighted by atomic mass is 9.88. The van der Waals surface area contributed by atoms with Crippen LogP contribution >= 0.6 is 0 Å². The number of nitriles is 1. The second-order valence-corrected chi connectivity index (χ2v) is 6.30. The van der Waals surface area contributed by atoms with Crippen molar-refractivity contribution >= 4 is 0 Å². The monoisotopic (exact) mass is 251 g/mol. The molecule has 0 radical (unpaired) electrons. The average Bonchev–Trinajstić information content (AvgIpc) is 2.36. The van der Waals surface area contributed by atoms with Crippen molar-refractivity contribution in [2.24, 2.45) is 11.1 Å². The summed E-state index contributed by atoms with van der Waals surface area (Å²) < 4.78 is 0. The van der Waals surface area contributed by atoms with E-state index < -0.39 is 0 Å². The van der Waals surface area contributed by atoms with Crippen molar-refractivity contribution in [3.63, 3.8) is 0 Å². The third kappa shape index (κ3) is 4.96. The van der Waals surface area contributed by atoms with E-state index in [0.717, 1.165) is 32.0 Å². The summed E-state index contributed by atoms with van der Waals surface area (Å²) in [7, 11) is 0. The fourth-order valence-electron chi connectivity index (χ4n) is 2.85. The summed E-state index contributed by atoms with van der Waals surface area (Å²) in [5, 5.41) is 9.02. The second-order valence-electron chi connectivity index (χ2n) is 6.30. The van der Waals surface area contributed by atoms with E-state index in [9.17, 15) is 0 Å². The molecule has 0 heterocycles. The standard InChI is InChI=1S/C15H29N3/c1-4-18(11-5-10-15(2,3)12-16)14-8-6-13(17)7-9-14/h13-14H,4-11,17H2,1-3H3. The number of rotatable bonds is 6. The number of hydrogen-bond donors (Lipinski definition) is 1. The highest BCUT2D eigenvalue weighted by atomic mass is 15.1. The van der Waals surface area contributed by atoms with Crippen LogP contribution in [-0.4, -0.2) is 30.1 Å². The van der Waals surface area contributed by atoms with Crippen LogP contribution in [0.1, 0.15) is 59.3 Å². The normalized spacial score (nSPS) is 25.1. The zero-order chi connectivity index (χ0) is 13.6. The molecule has 1 aliphatic carbocycles. The molecule has 0 aromatic carbocycles. The Morgan fingerprint density at radius 1 is 1.28 bits per heavy atom. The van der Waals surface area contributed by atoms with Crippen LogP contribution in [0.15, 0.2) is 0 Å². The predicted octanol–water partition coefficient (Wildman–Crippen LogP) is 2.91. The molecular formula is C15H29N3. The molecule has 3 nitrogen and oxygen atoms in total. The van der Waals surface area contributed by atoms with Gasteiger partial charge in [-0.3, -0.25) is 0 Å². The molecule has 0 bridgehead atoms. The first kappa shape index (κ1) is 15.5. The Hall–Kier alpha value is -0.590. The average molecular weight is 251 g/mol. The van der Waals surface area contributed by atoms with E-state index in [1.807, 2.05) is 13.8 Å². The van der Waals surface area contributed by atoms with Crippen LogP contribution in [0.3, 0.4) is 0 Å². The third-order valence-corrected chi connectivity index (χ3v) is 4.21. The lowest BCUT2D eigenvalue weighted by Gasteiger charge is -2.35. The van der Waals surface area contributed by atoms with Crippen molar-refractivity contribution in [1.82, 2.24) is 4.90 Å². The maximum absolute atomic E-state index is 9.02. The lowest BCUT2D eigenvalue weighted by molar-refractivity contribution is 0.150. The summed E-state index contributed by atoms with van der Waals surface area (Å²) in [6.07, 6.45) is 6.95. The van der Waals surface area contributed by atoms with Gasteiger partial charge in [-0.25, -0.2) is 0 Å². The van der Waals surface area contributed by atoms with E-state index in [-0.39, 0.29) is 5.41 Å². The van der Waals surface area contributed by atoms with Gasteiger partial charge in [0.05, 0.1) is 11.5 Å². The minimum atomic E-state index is -0.172. The van der Waals surface area contributed by atoms with Crippen LogP contribution in [-0.2, 0) is 0 Å². The van der Waals surface area contributed by atoms with Crippen molar-refractivity contribution in [3.8, 4) is 6.07 Å². The topological polar surface area (TPSA) is 53.0 Å². The summed E-state index contributed by atoms with van der Waals surface area (Å²) in [6.45, 7) is 8.55. The molecule has 0 spiro atoms. The van der Waals surface area contributed by atoms with Gasteiger partial charge in [-0.15, -0.1) is 0 Å². The molecule has 1 rings (SSSR count). The minimum absolute atomic E-state index is 0.172. The first-order valence-electron chi connectivity index (χ1n) is 7.39. The SMILES string of the molecule is CCN(CCCC(C)(C)C#N)C1CCC(N)CC1. The van der Waals surface area contributed by atoms with E-state index in [4.69, 9.17) is 11.0 Å². The Morgan fingerprint density at radius 3 is 2.39 bits per heavy atom. The Kier molecular flexibility index (Phi) is 6.11. The highest BCUT2D eigenvalue weighted by Gasteiger charge is 2.24. The van der Waals surface area contributed by atoms with Crippen molar-refractivity contribution in [2.75, 3.05) is 13.1 Å². The highest BCUT2D eigenvalue weighted by Crippen LogP contribution is 2.24. The van der Waals surface area contributed by atoms with Gasteiger partial charge < -0.3 is 10.6 Å². The predicted molar refractivity (Wildman–Crippen MR) is 76.1 cm³/mol. The minimum Gasteiger partial charge on any atom is -0.328 e. The Morgan fingerprint density at radius 2 is 1.89 bits per heavy atom. The molecule has 0 aromatic rings. The van der Waals surface area contributed by atoms with Gasteiger partial charge in [-0.05, 0) is 65.5 Å². The van der Waals surface area contributed by atoms with Crippen LogP contribution in [0.4, 0.5) is 0 Å². The molecule has 1 fully saturated rings. The van der Waals surface area contributed by atoms with E-state index >= 15 is 0 Å². The quantitative estimate of drug-likeness (QED) is 0.789. The van der Waals surface area contributed by atoms with Crippen LogP contribution in [0, 0.1) is 16.7 Å². The summed E-state index contributed by atoms with van der Waals surface area (Å²) in [4.78, 5) is 2.58. The summed E-state index contributed by atoms with van der Waals surface area (Å²) in [6, 6.07) is 3.53. The highest BCUT2D eigenvalue weighted by molar-refractivity contribution is 4.91. The maximum Gasteiger partial charge on any atom is 0.0683 e. The molecule has 1 aliphatic rings. The zero-order valence-electron chi connectivity index (χ0n) is 12.3. The van der Waals surface area contributed by atoms with Crippen molar-refractivity contribution in [2.45, 2.75) is 71.4 Å². The Balaban J connectivity index is 2.32. The summed E-state index contributed by atoms with van der Waals surface area (Å²) in [5.74, 6) is 0. The molecule has 0 atom stereocenters. The molecule has 3 heteroatoms. The first-order valence-corrected chi connectivity index (χ1v) is 7.39. The summed E-state index contributed by atoms with van der Waals surface area (Å²) >= 11 is 0. The van der Waals surface area contributed by atoms with Gasteiger partial charge >= 0.3 is 0 Å². The first-order chi connectivity index (χ1) is 8.48. The van der Waals surface area contributed by atoms with Crippen LogP contribution in [0.25, 0.3) is 0 Å². The summed E-state index contributed by atoms with van der Waals surface area (Å²) in [5.41, 5.74) is 5.79. The third-order valence-electron chi connectivity index (χ3n) is 4.21. The van der Waals surface area contributed by atoms with E-state index in [2.05, 4.69) is 17.9 Å². The molecule has 0 amide bonds. The molecule has 18 heavy (non-hydrogen) atoms. The molecule has 0 aromatic heterocycles. The number of hydrogen-bond acceptors (Lipinski definition) is 3. The van der Waals surface area contributed by atoms with Gasteiger partial charge in [0, 0.05) is 12.1 Å². The molecule has 1 saturated carbocycles. The molecule has 0 unspecified atom stereocenters. The Bertz CT molecular complexity index is 272. The van der Waals surface area contributed by atoms with Crippen LogP contribution in [0.5, 0.6) is 0 Å². The van der Waals surface area contributed by atoms with Gasteiger partial charge in [-0.2, -0.15) is 5.26 Å². The van der Waals surface area contributed by atoms with Crippen molar-refractivity contribution in [1.29, 1.82) is 5.26 Å². The van der Waals surface area contributed by atoms with Crippen LogP contribution in [0.2, 0.25) is 0 Å². The van der Waals surface area contributed by atoms with Crippen LogP contribution < -0.4 is 5.73 Å². The fourth-order valence-corrected chi connectivity index (χ4v) is 2.85. The van der Waals surface area contributed by atoms with Gasteiger partial charge in [0.1, 0.15) is 0 Å². The van der Waals surface area contributed by atoms with Gasteiger partial charge in [0.2, 0.25) is 0 Å². The second kappa shape index (κ2) is 7.11. The smallest absolute Gasteiger partial charge is 0.0683 e. The molecule has 2 N–H and O–H groups in total. The Labute approximate surface area is 112 Å². The largest absolute Gasteiger partial charge is 0.328 e. The fraction of sp³-hybridized carbons (Fsp3) is 0.933. The van der Waals surface area contributed by atoms with E-state index in [1.54, 1.807) is 0 Å². The number of nitrogens with zero attached hydrogens (tertiary/aromatic N) is 2. The van der Waals surface area contributed by atoms with Crippen molar-refractivity contribution in [3.05, 3.63) is 0 Å². The molecule has 0 aliphatic heterocycles. The van der Waals surface area contributed by atoms with Crippen molar-refractivity contribution < 1.29 is 0 Å². The van der Waals surface area contributed by atoms with E-state index in [0.29, 0.717) is 6.04 Å². The van der Waals surface area contributed by atoms with Gasteiger partial charge in [-0.1, -0.05) is 6.92 Å². The lowest BCUT2D eigenvalue weighted by Crippen LogP contribution is -2.41. The van der Waals surface area contributed by atoms with Gasteiger partial charge in [0.25, 0.3) is 0 Å². The molecule has 104 valence electrons. The van der Waals surface area contributed by atoms with Gasteiger partial charge in [0.15, 0.2) is 0 Å². The molecule has 0 saturated heterocycles. The maximum atomic E-state index is 9.02.